The summed E-state index contributed by atoms with van der Waals surface area (Å²) in [5.74, 6) is 1.93. The highest BCUT2D eigenvalue weighted by Gasteiger charge is 2.15. The van der Waals surface area contributed by atoms with Gasteiger partial charge >= 0.3 is 0 Å². The van der Waals surface area contributed by atoms with Gasteiger partial charge < -0.3 is 24.6 Å². The lowest BCUT2D eigenvalue weighted by Gasteiger charge is -2.33. The first-order valence-electron chi connectivity index (χ1n) is 9.57. The van der Waals surface area contributed by atoms with Crippen molar-refractivity contribution in [2.24, 2.45) is 12.0 Å². The van der Waals surface area contributed by atoms with E-state index in [2.05, 4.69) is 96.0 Å². The van der Waals surface area contributed by atoms with Gasteiger partial charge in [-0.2, -0.15) is 0 Å². The van der Waals surface area contributed by atoms with E-state index in [1.807, 2.05) is 13.2 Å². The van der Waals surface area contributed by atoms with Gasteiger partial charge in [0.2, 0.25) is 0 Å². The van der Waals surface area contributed by atoms with Gasteiger partial charge in [0.05, 0.1) is 6.54 Å². The van der Waals surface area contributed by atoms with Gasteiger partial charge in [0, 0.05) is 76.4 Å². The van der Waals surface area contributed by atoms with E-state index in [1.165, 1.54) is 11.3 Å². The van der Waals surface area contributed by atoms with E-state index in [0.717, 1.165) is 55.5 Å². The van der Waals surface area contributed by atoms with Gasteiger partial charge in [-0.15, -0.1) is 0 Å². The van der Waals surface area contributed by atoms with E-state index in [1.54, 1.807) is 0 Å². The summed E-state index contributed by atoms with van der Waals surface area (Å²) in [5, 5.41) is 3.47. The van der Waals surface area contributed by atoms with Crippen LogP contribution in [0.5, 0.6) is 0 Å². The minimum Gasteiger partial charge on any atom is -0.354 e. The Labute approximate surface area is 176 Å². The van der Waals surface area contributed by atoms with Crippen LogP contribution >= 0.6 is 15.9 Å². The maximum Gasteiger partial charge on any atom is 0.194 e. The summed E-state index contributed by atoms with van der Waals surface area (Å²) in [4.78, 5) is 15.8. The van der Waals surface area contributed by atoms with Crippen molar-refractivity contribution >= 4 is 27.7 Å². The number of piperazine rings is 1. The minimum atomic E-state index is 0.719. The van der Waals surface area contributed by atoms with Crippen LogP contribution in [0, 0.1) is 0 Å². The van der Waals surface area contributed by atoms with Crippen molar-refractivity contribution in [1.82, 2.24) is 24.7 Å². The van der Waals surface area contributed by atoms with E-state index in [0.29, 0.717) is 0 Å². The molecule has 0 aliphatic carbocycles. The van der Waals surface area contributed by atoms with Gasteiger partial charge in [-0.1, -0.05) is 0 Å². The van der Waals surface area contributed by atoms with Crippen LogP contribution in [-0.4, -0.2) is 72.6 Å². The van der Waals surface area contributed by atoms with Crippen LogP contribution in [-0.2, 0) is 20.1 Å². The first kappa shape index (κ1) is 20.7. The topological polar surface area (TPSA) is 51.9 Å². The maximum absolute atomic E-state index is 4.57. The third-order valence-corrected chi connectivity index (χ3v) is 5.57. The highest BCUT2D eigenvalue weighted by Crippen LogP contribution is 2.16. The zero-order valence-electron chi connectivity index (χ0n) is 17.2. The molecule has 3 heterocycles. The molecule has 152 valence electrons. The summed E-state index contributed by atoms with van der Waals surface area (Å²) in [7, 11) is 8.10. The quantitative estimate of drug-likeness (QED) is 0.561. The second-order valence-corrected chi connectivity index (χ2v) is 8.25. The fourth-order valence-corrected chi connectivity index (χ4v) is 3.96. The second kappa shape index (κ2) is 9.43. The molecule has 1 N–H and O–H groups in total. The van der Waals surface area contributed by atoms with Crippen molar-refractivity contribution in [3.05, 3.63) is 46.3 Å². The highest BCUT2D eigenvalue weighted by atomic mass is 79.9. The van der Waals surface area contributed by atoms with Crippen LogP contribution in [0.1, 0.15) is 11.3 Å². The number of hydrogen-bond donors (Lipinski definition) is 1. The van der Waals surface area contributed by atoms with Gasteiger partial charge in [0.25, 0.3) is 0 Å². The molecule has 1 fully saturated rings. The average Bonchev–Trinajstić information content (AvgIpc) is 3.00. The lowest BCUT2D eigenvalue weighted by molar-refractivity contribution is 0.312. The largest absolute Gasteiger partial charge is 0.354 e. The zero-order valence-corrected chi connectivity index (χ0v) is 18.8. The third-order valence-electron chi connectivity index (χ3n) is 5.13. The van der Waals surface area contributed by atoms with Gasteiger partial charge in [0.15, 0.2) is 5.96 Å². The predicted molar refractivity (Wildman–Crippen MR) is 119 cm³/mol. The summed E-state index contributed by atoms with van der Waals surface area (Å²) in [6.07, 6.45) is 3.97. The molecule has 2 aromatic heterocycles. The number of aromatic nitrogens is 2. The molecule has 0 amide bonds. The number of anilines is 1. The smallest absolute Gasteiger partial charge is 0.194 e. The normalized spacial score (nSPS) is 15.8. The number of pyridine rings is 1. The molecule has 3 rings (SSSR count). The van der Waals surface area contributed by atoms with Crippen LogP contribution in [0.25, 0.3) is 0 Å². The van der Waals surface area contributed by atoms with Crippen LogP contribution in [0.2, 0.25) is 0 Å². The SMILES string of the molecule is CN=C(NCc1ccnc(N2CCN(C)CC2)c1)N(C)Cc1cc(Br)cn1C. The summed E-state index contributed by atoms with van der Waals surface area (Å²) in [5.41, 5.74) is 2.43. The van der Waals surface area contributed by atoms with E-state index in [9.17, 15) is 0 Å². The molecule has 1 saturated heterocycles. The Bertz CT molecular complexity index is 809. The Morgan fingerprint density at radius 3 is 2.64 bits per heavy atom. The van der Waals surface area contributed by atoms with Crippen LogP contribution in [0.4, 0.5) is 5.82 Å². The van der Waals surface area contributed by atoms with Crippen molar-refractivity contribution in [2.75, 3.05) is 52.2 Å². The number of halogens is 1. The zero-order chi connectivity index (χ0) is 20.1. The summed E-state index contributed by atoms with van der Waals surface area (Å²) in [6.45, 7) is 5.71. The third kappa shape index (κ3) is 5.26. The second-order valence-electron chi connectivity index (χ2n) is 7.33. The number of nitrogens with zero attached hydrogens (tertiary/aromatic N) is 6. The standard InChI is InChI=1S/C20H30BrN7/c1-22-20(27(4)15-18-12-17(21)14-26(18)3)24-13-16-5-6-23-19(11-16)28-9-7-25(2)8-10-28/h5-6,11-12,14H,7-10,13,15H2,1-4H3,(H,22,24). The Morgan fingerprint density at radius 1 is 1.25 bits per heavy atom. The van der Waals surface area contributed by atoms with E-state index in [-0.39, 0.29) is 0 Å². The van der Waals surface area contributed by atoms with Crippen LogP contribution in [0.3, 0.4) is 0 Å². The van der Waals surface area contributed by atoms with E-state index in [4.69, 9.17) is 0 Å². The molecule has 0 aromatic carbocycles. The van der Waals surface area contributed by atoms with Crippen molar-refractivity contribution in [3.8, 4) is 0 Å². The molecule has 0 radical (unpaired) electrons. The Balaban J connectivity index is 1.59. The van der Waals surface area contributed by atoms with Crippen molar-refractivity contribution in [2.45, 2.75) is 13.1 Å². The van der Waals surface area contributed by atoms with Crippen molar-refractivity contribution in [3.63, 3.8) is 0 Å². The summed E-state index contributed by atoms with van der Waals surface area (Å²) < 4.78 is 3.22. The molecule has 0 bridgehead atoms. The minimum absolute atomic E-state index is 0.719. The number of nitrogens with one attached hydrogen (secondary N) is 1. The first-order chi connectivity index (χ1) is 13.5. The molecule has 7 nitrogen and oxygen atoms in total. The molecule has 1 aliphatic heterocycles. The number of likely N-dealkylation sites (N-methyl/N-ethyl adjacent to an activating group) is 1. The number of aryl methyl sites for hydroxylation is 1. The number of aliphatic imine (C=N–C) groups is 1. The first-order valence-corrected chi connectivity index (χ1v) is 10.4. The average molecular weight is 448 g/mol. The lowest BCUT2D eigenvalue weighted by atomic mass is 10.2. The van der Waals surface area contributed by atoms with Crippen LogP contribution < -0.4 is 10.2 Å². The van der Waals surface area contributed by atoms with E-state index < -0.39 is 0 Å². The fourth-order valence-electron chi connectivity index (χ4n) is 3.39. The molecule has 1 aliphatic rings. The predicted octanol–water partition coefficient (Wildman–Crippen LogP) is 2.14. The molecule has 0 spiro atoms. The molecule has 0 atom stereocenters. The van der Waals surface area contributed by atoms with Crippen molar-refractivity contribution < 1.29 is 0 Å². The van der Waals surface area contributed by atoms with Gasteiger partial charge in [-0.25, -0.2) is 4.98 Å². The molecule has 28 heavy (non-hydrogen) atoms. The Kier molecular flexibility index (Phi) is 6.96. The van der Waals surface area contributed by atoms with Crippen molar-refractivity contribution in [1.29, 1.82) is 0 Å². The number of guanidine groups is 1. The van der Waals surface area contributed by atoms with E-state index >= 15 is 0 Å². The number of hydrogen-bond acceptors (Lipinski definition) is 4. The molecule has 2 aromatic rings. The monoisotopic (exact) mass is 447 g/mol. The fraction of sp³-hybridized carbons (Fsp3) is 0.500. The highest BCUT2D eigenvalue weighted by molar-refractivity contribution is 9.10. The van der Waals surface area contributed by atoms with Gasteiger partial charge in [0.1, 0.15) is 5.82 Å². The molecule has 0 unspecified atom stereocenters. The van der Waals surface area contributed by atoms with Crippen LogP contribution in [0.15, 0.2) is 40.1 Å². The summed E-state index contributed by atoms with van der Waals surface area (Å²) >= 11 is 3.53. The molecule has 8 heteroatoms. The molecule has 0 saturated carbocycles. The molecular weight excluding hydrogens is 418 g/mol. The van der Waals surface area contributed by atoms with Gasteiger partial charge in [-0.3, -0.25) is 4.99 Å². The van der Waals surface area contributed by atoms with Gasteiger partial charge in [-0.05, 0) is 46.7 Å². The number of rotatable bonds is 5. The maximum atomic E-state index is 4.57. The lowest BCUT2D eigenvalue weighted by Crippen LogP contribution is -2.44. The Hall–Kier alpha value is -2.06. The molecular formula is C20H30BrN7. The summed E-state index contributed by atoms with van der Waals surface area (Å²) in [6, 6.07) is 6.38. The Morgan fingerprint density at radius 2 is 2.00 bits per heavy atom.